The third kappa shape index (κ3) is 5.63. The first-order valence-corrected chi connectivity index (χ1v) is 10.2. The molecular formula is C21H32N6O3. The number of unbranched alkanes of at least 4 members (excludes halogenated alkanes) is 1. The van der Waals surface area contributed by atoms with Gasteiger partial charge >= 0.3 is 0 Å². The summed E-state index contributed by atoms with van der Waals surface area (Å²) in [4.78, 5) is 31.4. The fraction of sp³-hybridized carbons (Fsp3) is 0.571. The number of aldehydes is 1. The Morgan fingerprint density at radius 2 is 2.17 bits per heavy atom. The van der Waals surface area contributed by atoms with Crippen molar-refractivity contribution >= 4 is 18.0 Å². The van der Waals surface area contributed by atoms with Crippen LogP contribution in [-0.4, -0.2) is 46.0 Å². The molecule has 3 heterocycles. The molecule has 1 amide bonds. The first-order chi connectivity index (χ1) is 14.2. The molecule has 0 spiro atoms. The van der Waals surface area contributed by atoms with Gasteiger partial charge in [-0.15, -0.1) is 0 Å². The number of hydrogen-bond donors (Lipinski definition) is 1. The second-order valence-electron chi connectivity index (χ2n) is 7.77. The minimum Gasteiger partial charge on any atom is -0.364 e. The van der Waals surface area contributed by atoms with Crippen molar-refractivity contribution in [1.82, 2.24) is 19.7 Å². The molecule has 9 heteroatoms. The molecule has 0 fully saturated rings. The van der Waals surface area contributed by atoms with Crippen LogP contribution in [-0.2, 0) is 28.3 Å². The Morgan fingerprint density at radius 3 is 2.77 bits per heavy atom. The lowest BCUT2D eigenvalue weighted by atomic mass is 9.95. The van der Waals surface area contributed by atoms with Crippen LogP contribution in [0.5, 0.6) is 0 Å². The zero-order valence-electron chi connectivity index (χ0n) is 18.5. The molecule has 0 bridgehead atoms. The van der Waals surface area contributed by atoms with Crippen LogP contribution in [0.4, 0.5) is 5.82 Å². The largest absolute Gasteiger partial charge is 0.364 e. The monoisotopic (exact) mass is 416 g/mol. The molecule has 2 N–H and O–H groups in total. The molecule has 1 atom stereocenters. The Kier molecular flexibility index (Phi) is 8.05. The number of nitrogens with zero attached hydrogens (tertiary/aromatic N) is 5. The van der Waals surface area contributed by atoms with E-state index in [1.165, 1.54) is 0 Å². The molecular weight excluding hydrogens is 384 g/mol. The van der Waals surface area contributed by atoms with Crippen molar-refractivity contribution in [3.8, 4) is 0 Å². The number of aryl methyl sites for hydroxylation is 2. The number of rotatable bonds is 8. The van der Waals surface area contributed by atoms with Gasteiger partial charge in [0, 0.05) is 44.9 Å². The number of ether oxygens (including phenoxy) is 1. The number of primary amides is 1. The second kappa shape index (κ2) is 10.3. The lowest BCUT2D eigenvalue weighted by molar-refractivity contribution is -0.107. The Balaban J connectivity index is 0.000000216. The Hall–Kier alpha value is -2.81. The van der Waals surface area contributed by atoms with Gasteiger partial charge in [0.25, 0.3) is 5.91 Å². The van der Waals surface area contributed by atoms with Gasteiger partial charge in [-0.2, -0.15) is 5.10 Å². The van der Waals surface area contributed by atoms with Crippen LogP contribution in [0.2, 0.25) is 0 Å². The van der Waals surface area contributed by atoms with Crippen molar-refractivity contribution in [3.05, 3.63) is 35.0 Å². The van der Waals surface area contributed by atoms with E-state index in [-0.39, 0.29) is 5.82 Å². The predicted molar refractivity (Wildman–Crippen MR) is 114 cm³/mol. The quantitative estimate of drug-likeness (QED) is 0.518. The highest BCUT2D eigenvalue weighted by Gasteiger charge is 2.37. The molecule has 0 saturated carbocycles. The van der Waals surface area contributed by atoms with Crippen molar-refractivity contribution in [1.29, 1.82) is 0 Å². The molecule has 1 unspecified atom stereocenters. The molecule has 0 radical (unpaired) electrons. The second-order valence-corrected chi connectivity index (χ2v) is 7.77. The van der Waals surface area contributed by atoms with Crippen LogP contribution in [0.1, 0.15) is 67.1 Å². The summed E-state index contributed by atoms with van der Waals surface area (Å²) in [6.07, 6.45) is 5.90. The summed E-state index contributed by atoms with van der Waals surface area (Å²) in [6, 6.07) is 2.04. The molecule has 164 valence electrons. The summed E-state index contributed by atoms with van der Waals surface area (Å²) in [6.45, 7) is 7.36. The van der Waals surface area contributed by atoms with E-state index in [4.69, 9.17) is 10.5 Å². The van der Waals surface area contributed by atoms with Gasteiger partial charge in [0.1, 0.15) is 17.7 Å². The average Bonchev–Trinajstić information content (AvgIpc) is 3.23. The van der Waals surface area contributed by atoms with E-state index < -0.39 is 11.5 Å². The van der Waals surface area contributed by atoms with Gasteiger partial charge in [0.15, 0.2) is 0 Å². The van der Waals surface area contributed by atoms with E-state index in [1.54, 1.807) is 6.20 Å². The summed E-state index contributed by atoms with van der Waals surface area (Å²) in [5.41, 5.74) is 7.52. The van der Waals surface area contributed by atoms with Crippen molar-refractivity contribution in [2.75, 3.05) is 19.0 Å². The van der Waals surface area contributed by atoms with Crippen LogP contribution in [0.25, 0.3) is 0 Å². The standard InChI is InChI=1S/C11H15N3O2.C10H17N3O/c1-3-4-11(2)8-7(6-16-11)5-13-10(14-8)9(12)15;1-9-8-10(12(2)3)13(11-9)6-4-5-7-14/h5H,3-4,6H2,1-2H3,(H2,12,15);7-8H,4-6H2,1-3H3. The summed E-state index contributed by atoms with van der Waals surface area (Å²) < 4.78 is 7.67. The fourth-order valence-electron chi connectivity index (χ4n) is 3.44. The van der Waals surface area contributed by atoms with Crippen molar-refractivity contribution in [2.24, 2.45) is 5.73 Å². The van der Waals surface area contributed by atoms with E-state index in [0.717, 1.165) is 54.9 Å². The summed E-state index contributed by atoms with van der Waals surface area (Å²) in [7, 11) is 3.99. The summed E-state index contributed by atoms with van der Waals surface area (Å²) in [5.74, 6) is 0.550. The number of anilines is 1. The highest BCUT2D eigenvalue weighted by Crippen LogP contribution is 2.37. The van der Waals surface area contributed by atoms with Gasteiger partial charge in [0.05, 0.1) is 18.0 Å². The molecule has 0 aliphatic carbocycles. The molecule has 1 aliphatic rings. The highest BCUT2D eigenvalue weighted by atomic mass is 16.5. The normalized spacial score (nSPS) is 17.1. The summed E-state index contributed by atoms with van der Waals surface area (Å²) >= 11 is 0. The van der Waals surface area contributed by atoms with Crippen LogP contribution in [0.3, 0.4) is 0 Å². The van der Waals surface area contributed by atoms with E-state index in [0.29, 0.717) is 13.0 Å². The molecule has 2 aromatic heterocycles. The highest BCUT2D eigenvalue weighted by molar-refractivity contribution is 5.88. The van der Waals surface area contributed by atoms with Gasteiger partial charge in [-0.3, -0.25) is 4.79 Å². The minimum atomic E-state index is -0.603. The molecule has 3 rings (SSSR count). The smallest absolute Gasteiger partial charge is 0.286 e. The first-order valence-electron chi connectivity index (χ1n) is 10.2. The van der Waals surface area contributed by atoms with Crippen LogP contribution in [0, 0.1) is 6.92 Å². The number of fused-ring (bicyclic) bond motifs is 1. The maximum Gasteiger partial charge on any atom is 0.286 e. The molecule has 0 aromatic carbocycles. The van der Waals surface area contributed by atoms with Gasteiger partial charge in [-0.05, 0) is 26.7 Å². The molecule has 0 saturated heterocycles. The SMILES string of the molecule is CCCC1(C)OCc2cnc(C(N)=O)nc21.Cc1cc(N(C)C)n(CCCC=O)n1. The Labute approximate surface area is 177 Å². The van der Waals surface area contributed by atoms with E-state index in [2.05, 4.69) is 22.0 Å². The predicted octanol–water partition coefficient (Wildman–Crippen LogP) is 2.36. The van der Waals surface area contributed by atoms with Crippen LogP contribution >= 0.6 is 0 Å². The maximum absolute atomic E-state index is 11.0. The third-order valence-electron chi connectivity index (χ3n) is 4.89. The maximum atomic E-state index is 11.0. The molecule has 30 heavy (non-hydrogen) atoms. The van der Waals surface area contributed by atoms with E-state index in [1.807, 2.05) is 43.6 Å². The topological polar surface area (TPSA) is 116 Å². The lowest BCUT2D eigenvalue weighted by Crippen LogP contribution is -2.24. The van der Waals surface area contributed by atoms with Crippen LogP contribution in [0.15, 0.2) is 12.3 Å². The number of amides is 1. The number of carbonyl (C=O) groups is 2. The van der Waals surface area contributed by atoms with Gasteiger partial charge in [-0.25, -0.2) is 14.6 Å². The lowest BCUT2D eigenvalue weighted by Gasteiger charge is -2.22. The van der Waals surface area contributed by atoms with Crippen molar-refractivity contribution in [3.63, 3.8) is 0 Å². The van der Waals surface area contributed by atoms with Gasteiger partial charge in [0.2, 0.25) is 5.82 Å². The number of nitrogens with two attached hydrogens (primary N) is 1. The zero-order valence-corrected chi connectivity index (χ0v) is 18.5. The fourth-order valence-corrected chi connectivity index (χ4v) is 3.44. The number of carbonyl (C=O) groups excluding carboxylic acids is 2. The van der Waals surface area contributed by atoms with Crippen molar-refractivity contribution < 1.29 is 14.3 Å². The minimum absolute atomic E-state index is 0.0616. The molecule has 1 aliphatic heterocycles. The molecule has 9 nitrogen and oxygen atoms in total. The third-order valence-corrected chi connectivity index (χ3v) is 4.89. The van der Waals surface area contributed by atoms with E-state index >= 15 is 0 Å². The van der Waals surface area contributed by atoms with Gasteiger partial charge in [-0.1, -0.05) is 13.3 Å². The molecule has 2 aromatic rings. The van der Waals surface area contributed by atoms with Gasteiger partial charge < -0.3 is 20.2 Å². The Morgan fingerprint density at radius 1 is 1.43 bits per heavy atom. The average molecular weight is 417 g/mol. The zero-order chi connectivity index (χ0) is 22.3. The Bertz CT molecular complexity index is 876. The van der Waals surface area contributed by atoms with Crippen LogP contribution < -0.4 is 10.6 Å². The first kappa shape index (κ1) is 23.5. The summed E-state index contributed by atoms with van der Waals surface area (Å²) in [5, 5.41) is 4.36. The number of aromatic nitrogens is 4. The van der Waals surface area contributed by atoms with E-state index in [9.17, 15) is 9.59 Å². The van der Waals surface area contributed by atoms with Crippen molar-refractivity contribution in [2.45, 2.75) is 65.2 Å². The number of hydrogen-bond acceptors (Lipinski definition) is 7.